The van der Waals surface area contributed by atoms with Crippen molar-refractivity contribution >= 4 is 18.4 Å². The Labute approximate surface area is 94.3 Å². The van der Waals surface area contributed by atoms with E-state index in [1.54, 1.807) is 12.1 Å². The van der Waals surface area contributed by atoms with Crippen LogP contribution >= 0.6 is 12.4 Å². The Hall–Kier alpha value is -1.10. The predicted octanol–water partition coefficient (Wildman–Crippen LogP) is 0.816. The van der Waals surface area contributed by atoms with Crippen LogP contribution in [0.3, 0.4) is 0 Å². The molecule has 5 heteroatoms. The lowest BCUT2D eigenvalue weighted by Crippen LogP contribution is -2.27. The van der Waals surface area contributed by atoms with Gasteiger partial charge in [-0.25, -0.2) is 0 Å². The van der Waals surface area contributed by atoms with Gasteiger partial charge < -0.3 is 15.5 Å². The summed E-state index contributed by atoms with van der Waals surface area (Å²) in [7, 11) is 0. The average molecular weight is 232 g/mol. The minimum atomic E-state index is -0.926. The van der Waals surface area contributed by atoms with Crippen LogP contribution in [0.15, 0.2) is 30.3 Å². The first-order valence-electron chi connectivity index (χ1n) is 4.35. The summed E-state index contributed by atoms with van der Waals surface area (Å²) in [5.74, 6) is -0.926. The molecule has 0 aliphatic rings. The molecule has 0 radical (unpaired) electrons. The zero-order valence-electron chi connectivity index (χ0n) is 8.09. The van der Waals surface area contributed by atoms with E-state index < -0.39 is 12.1 Å². The van der Waals surface area contributed by atoms with Crippen molar-refractivity contribution in [1.82, 2.24) is 5.32 Å². The van der Waals surface area contributed by atoms with Crippen LogP contribution in [0.25, 0.3) is 0 Å². The van der Waals surface area contributed by atoms with Crippen LogP contribution in [-0.4, -0.2) is 29.3 Å². The van der Waals surface area contributed by atoms with Crippen molar-refractivity contribution in [3.05, 3.63) is 35.9 Å². The van der Waals surface area contributed by atoms with E-state index in [0.717, 1.165) is 5.56 Å². The Morgan fingerprint density at radius 3 is 2.47 bits per heavy atom. The summed E-state index contributed by atoms with van der Waals surface area (Å²) >= 11 is 0. The van der Waals surface area contributed by atoms with Crippen molar-refractivity contribution in [3.8, 4) is 0 Å². The zero-order chi connectivity index (χ0) is 10.4. The van der Waals surface area contributed by atoms with Gasteiger partial charge in [-0.1, -0.05) is 30.3 Å². The van der Waals surface area contributed by atoms with Gasteiger partial charge in [-0.2, -0.15) is 0 Å². The molecule has 0 saturated carbocycles. The van der Waals surface area contributed by atoms with Crippen LogP contribution in [0.1, 0.15) is 11.7 Å². The summed E-state index contributed by atoms with van der Waals surface area (Å²) in [6.07, 6.45) is -0.657. The van der Waals surface area contributed by atoms with Gasteiger partial charge in [0.25, 0.3) is 0 Å². The van der Waals surface area contributed by atoms with Crippen LogP contribution in [0.5, 0.6) is 0 Å². The molecule has 0 aromatic heterocycles. The number of aliphatic hydroxyl groups excluding tert-OH is 1. The third-order valence-corrected chi connectivity index (χ3v) is 1.80. The molecule has 0 bridgehead atoms. The summed E-state index contributed by atoms with van der Waals surface area (Å²) in [6, 6.07) is 9.12. The van der Waals surface area contributed by atoms with Gasteiger partial charge in [0.15, 0.2) is 0 Å². The Balaban J connectivity index is 0.00000196. The van der Waals surface area contributed by atoms with Crippen LogP contribution in [0.2, 0.25) is 0 Å². The van der Waals surface area contributed by atoms with Crippen molar-refractivity contribution in [2.24, 2.45) is 0 Å². The standard InChI is InChI=1S/C10H13NO3.ClH/c12-9(6-11-7-10(13)14)8-4-2-1-3-5-8;/h1-5,9,11-12H,6-7H2,(H,13,14);1H. The number of aliphatic hydroxyl groups is 1. The molecule has 0 saturated heterocycles. The van der Waals surface area contributed by atoms with E-state index in [4.69, 9.17) is 5.11 Å². The topological polar surface area (TPSA) is 69.6 Å². The van der Waals surface area contributed by atoms with Gasteiger partial charge in [-0.3, -0.25) is 4.79 Å². The molecule has 0 aliphatic carbocycles. The molecule has 1 rings (SSSR count). The smallest absolute Gasteiger partial charge is 0.317 e. The Morgan fingerprint density at radius 1 is 1.33 bits per heavy atom. The van der Waals surface area contributed by atoms with E-state index in [9.17, 15) is 9.90 Å². The van der Waals surface area contributed by atoms with Gasteiger partial charge in [-0.05, 0) is 5.56 Å². The van der Waals surface area contributed by atoms with Crippen LogP contribution in [0.4, 0.5) is 0 Å². The number of carboxylic acids is 1. The van der Waals surface area contributed by atoms with Crippen molar-refractivity contribution in [1.29, 1.82) is 0 Å². The van der Waals surface area contributed by atoms with E-state index in [-0.39, 0.29) is 25.5 Å². The fourth-order valence-electron chi connectivity index (χ4n) is 1.11. The number of aliphatic carboxylic acids is 1. The average Bonchev–Trinajstić information content (AvgIpc) is 2.18. The molecular weight excluding hydrogens is 218 g/mol. The summed E-state index contributed by atoms with van der Waals surface area (Å²) < 4.78 is 0. The second-order valence-corrected chi connectivity index (χ2v) is 2.95. The van der Waals surface area contributed by atoms with Crippen molar-refractivity contribution in [3.63, 3.8) is 0 Å². The van der Waals surface area contributed by atoms with E-state index in [2.05, 4.69) is 5.32 Å². The quantitative estimate of drug-likeness (QED) is 0.702. The minimum Gasteiger partial charge on any atom is -0.480 e. The molecule has 15 heavy (non-hydrogen) atoms. The van der Waals surface area contributed by atoms with Gasteiger partial charge in [-0.15, -0.1) is 12.4 Å². The third-order valence-electron chi connectivity index (χ3n) is 1.80. The van der Waals surface area contributed by atoms with E-state index in [1.165, 1.54) is 0 Å². The summed E-state index contributed by atoms with van der Waals surface area (Å²) in [5.41, 5.74) is 0.783. The van der Waals surface area contributed by atoms with Crippen LogP contribution < -0.4 is 5.32 Å². The lowest BCUT2D eigenvalue weighted by molar-refractivity contribution is -0.136. The van der Waals surface area contributed by atoms with Crippen molar-refractivity contribution < 1.29 is 15.0 Å². The van der Waals surface area contributed by atoms with Gasteiger partial charge in [0, 0.05) is 6.54 Å². The second kappa shape index (κ2) is 7.23. The van der Waals surface area contributed by atoms with Crippen LogP contribution in [-0.2, 0) is 4.79 Å². The van der Waals surface area contributed by atoms with Gasteiger partial charge in [0.05, 0.1) is 12.6 Å². The molecular formula is C10H14ClNO3. The number of carbonyl (C=O) groups is 1. The fourth-order valence-corrected chi connectivity index (χ4v) is 1.11. The summed E-state index contributed by atoms with van der Waals surface area (Å²) in [6.45, 7) is 0.111. The normalized spacial score (nSPS) is 11.5. The number of hydrogen-bond acceptors (Lipinski definition) is 3. The first kappa shape index (κ1) is 13.9. The maximum atomic E-state index is 10.2. The van der Waals surface area contributed by atoms with Crippen LogP contribution in [0, 0.1) is 0 Å². The highest BCUT2D eigenvalue weighted by Crippen LogP contribution is 2.09. The molecule has 0 spiro atoms. The van der Waals surface area contributed by atoms with Gasteiger partial charge in [0.2, 0.25) is 0 Å². The lowest BCUT2D eigenvalue weighted by atomic mass is 10.1. The monoisotopic (exact) mass is 231 g/mol. The van der Waals surface area contributed by atoms with Crippen molar-refractivity contribution in [2.45, 2.75) is 6.10 Å². The van der Waals surface area contributed by atoms with Gasteiger partial charge in [0.1, 0.15) is 0 Å². The third kappa shape index (κ3) is 5.37. The van der Waals surface area contributed by atoms with Crippen molar-refractivity contribution in [2.75, 3.05) is 13.1 Å². The van der Waals surface area contributed by atoms with E-state index in [1.807, 2.05) is 18.2 Å². The Kier molecular flexibility index (Phi) is 6.70. The lowest BCUT2D eigenvalue weighted by Gasteiger charge is -2.10. The molecule has 84 valence electrons. The number of halogens is 1. The first-order valence-corrected chi connectivity index (χ1v) is 4.35. The largest absolute Gasteiger partial charge is 0.480 e. The predicted molar refractivity (Wildman–Crippen MR) is 59.2 cm³/mol. The van der Waals surface area contributed by atoms with Gasteiger partial charge >= 0.3 is 5.97 Å². The molecule has 4 nitrogen and oxygen atoms in total. The molecule has 0 aliphatic heterocycles. The molecule has 0 fully saturated rings. The highest BCUT2D eigenvalue weighted by atomic mass is 35.5. The summed E-state index contributed by atoms with van der Waals surface area (Å²) in [4.78, 5) is 10.2. The molecule has 1 unspecified atom stereocenters. The van der Waals surface area contributed by atoms with E-state index >= 15 is 0 Å². The molecule has 1 atom stereocenters. The summed E-state index contributed by atoms with van der Waals surface area (Å²) in [5, 5.41) is 20.6. The minimum absolute atomic E-state index is 0. The molecule has 1 aromatic rings. The second-order valence-electron chi connectivity index (χ2n) is 2.95. The highest BCUT2D eigenvalue weighted by Gasteiger charge is 2.06. The first-order chi connectivity index (χ1) is 6.70. The molecule has 3 N–H and O–H groups in total. The van der Waals surface area contributed by atoms with E-state index in [0.29, 0.717) is 0 Å². The maximum Gasteiger partial charge on any atom is 0.317 e. The molecule has 0 amide bonds. The fraction of sp³-hybridized carbons (Fsp3) is 0.300. The molecule has 0 heterocycles. The zero-order valence-corrected chi connectivity index (χ0v) is 8.91. The number of carboxylic acid groups (broad SMARTS) is 1. The highest BCUT2D eigenvalue weighted by molar-refractivity contribution is 5.85. The maximum absolute atomic E-state index is 10.2. The Bertz CT molecular complexity index is 292. The number of rotatable bonds is 5. The Morgan fingerprint density at radius 2 is 1.93 bits per heavy atom. The SMILES string of the molecule is Cl.O=C(O)CNCC(O)c1ccccc1. The number of nitrogens with one attached hydrogen (secondary N) is 1. The number of benzene rings is 1. The molecule has 1 aromatic carbocycles. The number of hydrogen-bond donors (Lipinski definition) is 3.